The number of benzene rings is 1. The van der Waals surface area contributed by atoms with Crippen LogP contribution in [0.4, 0.5) is 13.2 Å². The lowest BCUT2D eigenvalue weighted by molar-refractivity contribution is -0.137. The zero-order valence-electron chi connectivity index (χ0n) is 14.2. The van der Waals surface area contributed by atoms with Crippen LogP contribution in [0.2, 0.25) is 0 Å². The summed E-state index contributed by atoms with van der Waals surface area (Å²) in [5, 5.41) is 6.30. The molecule has 2 atom stereocenters. The fourth-order valence-electron chi connectivity index (χ4n) is 3.51. The standard InChI is InChI=1S/C18H23F3N2O.ClH/c1-12-9-13(5-8-22-12)16(24)23-11-17(6-7-17)14-3-2-4-15(10-14)18(19,20)21;/h2-4,10,12-13,22H,5-9,11H2,1H3,(H,23,24);1H/t12-,13-;/m0./s1. The molecule has 1 aromatic carbocycles. The summed E-state index contributed by atoms with van der Waals surface area (Å²) < 4.78 is 38.7. The third-order valence-electron chi connectivity index (χ3n) is 5.25. The van der Waals surface area contributed by atoms with Gasteiger partial charge in [-0.3, -0.25) is 4.79 Å². The average molecular weight is 377 g/mol. The largest absolute Gasteiger partial charge is 0.416 e. The molecule has 0 aromatic heterocycles. The number of nitrogens with one attached hydrogen (secondary N) is 2. The van der Waals surface area contributed by atoms with Crippen molar-refractivity contribution in [2.45, 2.75) is 50.2 Å². The minimum absolute atomic E-state index is 0. The Labute approximate surface area is 152 Å². The van der Waals surface area contributed by atoms with Crippen molar-refractivity contribution in [3.63, 3.8) is 0 Å². The van der Waals surface area contributed by atoms with Gasteiger partial charge in [0.1, 0.15) is 0 Å². The molecule has 1 aromatic rings. The van der Waals surface area contributed by atoms with Gasteiger partial charge in [0.05, 0.1) is 5.56 Å². The van der Waals surface area contributed by atoms with Crippen LogP contribution in [-0.2, 0) is 16.4 Å². The van der Waals surface area contributed by atoms with Gasteiger partial charge in [-0.05, 0) is 50.8 Å². The van der Waals surface area contributed by atoms with Crippen molar-refractivity contribution in [1.82, 2.24) is 10.6 Å². The minimum Gasteiger partial charge on any atom is -0.355 e. The van der Waals surface area contributed by atoms with Crippen molar-refractivity contribution < 1.29 is 18.0 Å². The third kappa shape index (κ3) is 4.67. The fraction of sp³-hybridized carbons (Fsp3) is 0.611. The van der Waals surface area contributed by atoms with Crippen molar-refractivity contribution in [2.75, 3.05) is 13.1 Å². The quantitative estimate of drug-likeness (QED) is 0.842. The molecule has 1 saturated carbocycles. The fourth-order valence-corrected chi connectivity index (χ4v) is 3.51. The Morgan fingerprint density at radius 2 is 2.08 bits per heavy atom. The number of amides is 1. The van der Waals surface area contributed by atoms with E-state index < -0.39 is 11.7 Å². The van der Waals surface area contributed by atoms with Crippen molar-refractivity contribution in [3.05, 3.63) is 35.4 Å². The molecular formula is C18H24ClF3N2O. The number of hydrogen-bond acceptors (Lipinski definition) is 2. The smallest absolute Gasteiger partial charge is 0.355 e. The van der Waals surface area contributed by atoms with Gasteiger partial charge in [0, 0.05) is 23.9 Å². The highest BCUT2D eigenvalue weighted by Gasteiger charge is 2.45. The zero-order chi connectivity index (χ0) is 17.4. The predicted octanol–water partition coefficient (Wildman–Crippen LogP) is 3.66. The molecule has 1 aliphatic carbocycles. The number of hydrogen-bond donors (Lipinski definition) is 2. The molecule has 1 saturated heterocycles. The van der Waals surface area contributed by atoms with Crippen LogP contribution in [0, 0.1) is 5.92 Å². The Kier molecular flexibility index (Phi) is 6.05. The Bertz CT molecular complexity index is 617. The maximum Gasteiger partial charge on any atom is 0.416 e. The van der Waals surface area contributed by atoms with E-state index in [4.69, 9.17) is 0 Å². The van der Waals surface area contributed by atoms with E-state index in [9.17, 15) is 18.0 Å². The van der Waals surface area contributed by atoms with E-state index in [2.05, 4.69) is 17.6 Å². The van der Waals surface area contributed by atoms with Gasteiger partial charge >= 0.3 is 6.18 Å². The molecule has 7 heteroatoms. The van der Waals surface area contributed by atoms with Crippen LogP contribution < -0.4 is 10.6 Å². The van der Waals surface area contributed by atoms with E-state index >= 15 is 0 Å². The highest BCUT2D eigenvalue weighted by molar-refractivity contribution is 5.85. The molecule has 1 amide bonds. The Hall–Kier alpha value is -1.27. The molecule has 0 unspecified atom stereocenters. The van der Waals surface area contributed by atoms with Gasteiger partial charge < -0.3 is 10.6 Å². The topological polar surface area (TPSA) is 41.1 Å². The van der Waals surface area contributed by atoms with E-state index in [1.54, 1.807) is 6.07 Å². The lowest BCUT2D eigenvalue weighted by Crippen LogP contribution is -2.44. The third-order valence-corrected chi connectivity index (χ3v) is 5.25. The van der Waals surface area contributed by atoms with Gasteiger partial charge in [0.2, 0.25) is 5.91 Å². The van der Waals surface area contributed by atoms with Crippen molar-refractivity contribution in [3.8, 4) is 0 Å². The average Bonchev–Trinajstić information content (AvgIpc) is 3.33. The monoisotopic (exact) mass is 376 g/mol. The lowest BCUT2D eigenvalue weighted by atomic mass is 9.91. The summed E-state index contributed by atoms with van der Waals surface area (Å²) in [5.74, 6) is 0.0279. The highest BCUT2D eigenvalue weighted by Crippen LogP contribution is 2.48. The van der Waals surface area contributed by atoms with Gasteiger partial charge in [0.25, 0.3) is 0 Å². The summed E-state index contributed by atoms with van der Waals surface area (Å²) in [4.78, 5) is 12.4. The maximum atomic E-state index is 12.9. The van der Waals surface area contributed by atoms with Gasteiger partial charge in [-0.15, -0.1) is 12.4 Å². The summed E-state index contributed by atoms with van der Waals surface area (Å²) in [5.41, 5.74) is -0.267. The second-order valence-electron chi connectivity index (χ2n) is 7.15. The molecule has 2 N–H and O–H groups in total. The van der Waals surface area contributed by atoms with Crippen LogP contribution in [0.5, 0.6) is 0 Å². The first-order valence-electron chi connectivity index (χ1n) is 8.49. The molecule has 1 aliphatic heterocycles. The molecule has 3 nitrogen and oxygen atoms in total. The number of alkyl halides is 3. The number of piperidine rings is 1. The molecule has 2 fully saturated rings. The molecule has 0 radical (unpaired) electrons. The normalized spacial score (nSPS) is 25.0. The van der Waals surface area contributed by atoms with Crippen LogP contribution in [0.3, 0.4) is 0 Å². The van der Waals surface area contributed by atoms with Crippen molar-refractivity contribution in [2.24, 2.45) is 5.92 Å². The van der Waals surface area contributed by atoms with E-state index in [0.717, 1.165) is 38.3 Å². The molecular weight excluding hydrogens is 353 g/mol. The van der Waals surface area contributed by atoms with E-state index in [1.165, 1.54) is 12.1 Å². The Balaban J connectivity index is 0.00000225. The molecule has 3 rings (SSSR count). The maximum absolute atomic E-state index is 12.9. The Morgan fingerprint density at radius 3 is 2.68 bits per heavy atom. The number of halogens is 4. The summed E-state index contributed by atoms with van der Waals surface area (Å²) in [6.07, 6.45) is -1.08. The van der Waals surface area contributed by atoms with Crippen LogP contribution >= 0.6 is 12.4 Å². The zero-order valence-corrected chi connectivity index (χ0v) is 15.0. The van der Waals surface area contributed by atoms with Gasteiger partial charge in [-0.2, -0.15) is 13.2 Å². The van der Waals surface area contributed by atoms with Crippen molar-refractivity contribution in [1.29, 1.82) is 0 Å². The Morgan fingerprint density at radius 1 is 1.36 bits per heavy atom. The van der Waals surface area contributed by atoms with Crippen LogP contribution in [0.15, 0.2) is 24.3 Å². The van der Waals surface area contributed by atoms with Crippen LogP contribution in [0.25, 0.3) is 0 Å². The van der Waals surface area contributed by atoms with E-state index in [0.29, 0.717) is 18.2 Å². The minimum atomic E-state index is -4.33. The SMILES string of the molecule is C[C@H]1C[C@@H](C(=O)NCC2(c3cccc(C(F)(F)F)c3)CC2)CCN1.Cl. The summed E-state index contributed by atoms with van der Waals surface area (Å²) in [7, 11) is 0. The summed E-state index contributed by atoms with van der Waals surface area (Å²) in [6.45, 7) is 3.31. The molecule has 2 aliphatic rings. The van der Waals surface area contributed by atoms with Crippen LogP contribution in [-0.4, -0.2) is 25.0 Å². The van der Waals surface area contributed by atoms with E-state index in [-0.39, 0.29) is 29.6 Å². The van der Waals surface area contributed by atoms with Gasteiger partial charge in [-0.25, -0.2) is 0 Å². The summed E-state index contributed by atoms with van der Waals surface area (Å²) >= 11 is 0. The first-order valence-corrected chi connectivity index (χ1v) is 8.49. The predicted molar refractivity (Wildman–Crippen MR) is 92.8 cm³/mol. The number of carbonyl (C=O) groups is 1. The van der Waals surface area contributed by atoms with Crippen LogP contribution in [0.1, 0.15) is 43.7 Å². The molecule has 1 heterocycles. The number of carbonyl (C=O) groups excluding carboxylic acids is 1. The second kappa shape index (κ2) is 7.54. The van der Waals surface area contributed by atoms with Gasteiger partial charge in [0.15, 0.2) is 0 Å². The first kappa shape index (κ1) is 20.0. The molecule has 0 bridgehead atoms. The molecule has 25 heavy (non-hydrogen) atoms. The highest BCUT2D eigenvalue weighted by atomic mass is 35.5. The van der Waals surface area contributed by atoms with Gasteiger partial charge in [-0.1, -0.05) is 18.2 Å². The molecule has 140 valence electrons. The second-order valence-corrected chi connectivity index (χ2v) is 7.15. The van der Waals surface area contributed by atoms with E-state index in [1.807, 2.05) is 0 Å². The first-order chi connectivity index (χ1) is 11.3. The lowest BCUT2D eigenvalue weighted by Gasteiger charge is -2.28. The molecule has 0 spiro atoms. The van der Waals surface area contributed by atoms with Crippen molar-refractivity contribution >= 4 is 18.3 Å². The summed E-state index contributed by atoms with van der Waals surface area (Å²) in [6, 6.07) is 5.84. The number of rotatable bonds is 4.